The van der Waals surface area contributed by atoms with E-state index in [0.29, 0.717) is 17.3 Å². The van der Waals surface area contributed by atoms with Crippen LogP contribution in [0.2, 0.25) is 0 Å². The first-order valence-corrected chi connectivity index (χ1v) is 9.10. The maximum Gasteiger partial charge on any atom is 0.233 e. The van der Waals surface area contributed by atoms with E-state index in [4.69, 9.17) is 4.52 Å². The number of benzene rings is 2. The monoisotopic (exact) mass is 385 g/mol. The highest BCUT2D eigenvalue weighted by molar-refractivity contribution is 7.81. The van der Waals surface area contributed by atoms with Gasteiger partial charge in [0.15, 0.2) is 5.82 Å². The van der Waals surface area contributed by atoms with E-state index in [1.165, 1.54) is 6.07 Å². The maximum atomic E-state index is 14.6. The van der Waals surface area contributed by atoms with Crippen LogP contribution in [0, 0.1) is 5.82 Å². The number of aromatic nitrogens is 2. The standard InChI is InChI=1S/C20H20FN3O2S/c1-12(20-23-18(24-26-20)11-22-19(25)13(2)27)15-8-9-16(17(21)10-15)14-6-4-3-5-7-14/h3-10,12-13,27H,11H2,1-2H3,(H,22,25). The van der Waals surface area contributed by atoms with Crippen LogP contribution in [0.25, 0.3) is 11.1 Å². The fourth-order valence-corrected chi connectivity index (χ4v) is 2.72. The van der Waals surface area contributed by atoms with Gasteiger partial charge in [-0.05, 0) is 31.0 Å². The van der Waals surface area contributed by atoms with Crippen LogP contribution in [0.15, 0.2) is 53.1 Å². The van der Waals surface area contributed by atoms with Gasteiger partial charge in [-0.15, -0.1) is 0 Å². The Morgan fingerprint density at radius 2 is 1.96 bits per heavy atom. The number of amides is 1. The average Bonchev–Trinajstić information content (AvgIpc) is 3.15. The van der Waals surface area contributed by atoms with Crippen molar-refractivity contribution in [1.82, 2.24) is 15.5 Å². The van der Waals surface area contributed by atoms with Gasteiger partial charge in [0.25, 0.3) is 0 Å². The van der Waals surface area contributed by atoms with Gasteiger partial charge in [0.1, 0.15) is 5.82 Å². The van der Waals surface area contributed by atoms with E-state index in [-0.39, 0.29) is 24.2 Å². The van der Waals surface area contributed by atoms with Crippen molar-refractivity contribution in [3.8, 4) is 11.1 Å². The fraction of sp³-hybridized carbons (Fsp3) is 0.250. The van der Waals surface area contributed by atoms with Gasteiger partial charge < -0.3 is 9.84 Å². The molecule has 140 valence electrons. The van der Waals surface area contributed by atoms with Crippen molar-refractivity contribution in [3.63, 3.8) is 0 Å². The lowest BCUT2D eigenvalue weighted by Crippen LogP contribution is -2.29. The van der Waals surface area contributed by atoms with E-state index in [1.54, 1.807) is 13.0 Å². The fourth-order valence-electron chi connectivity index (χ4n) is 2.62. The molecule has 0 spiro atoms. The normalized spacial score (nSPS) is 13.2. The molecule has 1 N–H and O–H groups in total. The molecule has 0 aliphatic rings. The lowest BCUT2D eigenvalue weighted by atomic mass is 9.97. The Kier molecular flexibility index (Phi) is 5.91. The molecule has 27 heavy (non-hydrogen) atoms. The summed E-state index contributed by atoms with van der Waals surface area (Å²) < 4.78 is 19.9. The minimum Gasteiger partial charge on any atom is -0.348 e. The summed E-state index contributed by atoms with van der Waals surface area (Å²) in [5.41, 5.74) is 2.10. The van der Waals surface area contributed by atoms with Crippen molar-refractivity contribution >= 4 is 18.5 Å². The molecule has 2 aromatic carbocycles. The molecule has 1 heterocycles. The van der Waals surface area contributed by atoms with Crippen LogP contribution in [-0.2, 0) is 11.3 Å². The van der Waals surface area contributed by atoms with Crippen molar-refractivity contribution in [1.29, 1.82) is 0 Å². The lowest BCUT2D eigenvalue weighted by Gasteiger charge is -2.10. The zero-order valence-electron chi connectivity index (χ0n) is 15.0. The van der Waals surface area contributed by atoms with Crippen LogP contribution in [0.1, 0.15) is 37.0 Å². The van der Waals surface area contributed by atoms with Crippen molar-refractivity contribution in [3.05, 3.63) is 71.6 Å². The molecule has 5 nitrogen and oxygen atoms in total. The summed E-state index contributed by atoms with van der Waals surface area (Å²) in [5.74, 6) is -0.0627. The topological polar surface area (TPSA) is 68.0 Å². The predicted molar refractivity (Wildman–Crippen MR) is 104 cm³/mol. The molecule has 7 heteroatoms. The van der Waals surface area contributed by atoms with E-state index in [1.807, 2.05) is 43.3 Å². The van der Waals surface area contributed by atoms with Crippen molar-refractivity contribution in [2.75, 3.05) is 0 Å². The van der Waals surface area contributed by atoms with Crippen LogP contribution in [-0.4, -0.2) is 21.3 Å². The van der Waals surface area contributed by atoms with Gasteiger partial charge in [-0.3, -0.25) is 4.79 Å². The molecule has 2 unspecified atom stereocenters. The molecule has 1 amide bonds. The zero-order valence-corrected chi connectivity index (χ0v) is 15.9. The third-order valence-electron chi connectivity index (χ3n) is 4.23. The Labute approximate surface area is 162 Å². The maximum absolute atomic E-state index is 14.6. The SMILES string of the molecule is CC(S)C(=O)NCc1noc(C(C)c2ccc(-c3ccccc3)c(F)c2)n1. The van der Waals surface area contributed by atoms with Gasteiger partial charge in [-0.2, -0.15) is 17.6 Å². The number of nitrogens with zero attached hydrogens (tertiary/aromatic N) is 2. The highest BCUT2D eigenvalue weighted by Crippen LogP contribution is 2.28. The Bertz CT molecular complexity index is 928. The third-order valence-corrected chi connectivity index (χ3v) is 4.47. The number of rotatable bonds is 6. The number of hydrogen-bond acceptors (Lipinski definition) is 5. The minimum atomic E-state index is -0.415. The molecule has 2 atom stereocenters. The summed E-state index contributed by atoms with van der Waals surface area (Å²) in [7, 11) is 0. The van der Waals surface area contributed by atoms with Crippen molar-refractivity contribution in [2.24, 2.45) is 0 Å². The molecule has 3 rings (SSSR count). The molecular formula is C20H20FN3O2S. The summed E-state index contributed by atoms with van der Waals surface area (Å²) >= 11 is 4.06. The summed E-state index contributed by atoms with van der Waals surface area (Å²) in [5, 5.41) is 6.11. The molecule has 3 aromatic rings. The van der Waals surface area contributed by atoms with Gasteiger partial charge in [-0.1, -0.05) is 47.6 Å². The van der Waals surface area contributed by atoms with Gasteiger partial charge in [-0.25, -0.2) is 4.39 Å². The quantitative estimate of drug-likeness (QED) is 0.630. The Balaban J connectivity index is 1.74. The molecule has 0 bridgehead atoms. The van der Waals surface area contributed by atoms with Gasteiger partial charge in [0.2, 0.25) is 11.8 Å². The van der Waals surface area contributed by atoms with Crippen LogP contribution >= 0.6 is 12.6 Å². The number of carbonyl (C=O) groups excluding carboxylic acids is 1. The van der Waals surface area contributed by atoms with Crippen LogP contribution in [0.4, 0.5) is 4.39 Å². The highest BCUT2D eigenvalue weighted by Gasteiger charge is 2.19. The number of thiol groups is 1. The summed E-state index contributed by atoms with van der Waals surface area (Å²) in [4.78, 5) is 15.8. The molecular weight excluding hydrogens is 365 g/mol. The summed E-state index contributed by atoms with van der Waals surface area (Å²) in [6.45, 7) is 3.69. The smallest absolute Gasteiger partial charge is 0.233 e. The first kappa shape index (κ1) is 19.1. The second kappa shape index (κ2) is 8.35. The molecule has 0 saturated heterocycles. The minimum absolute atomic E-state index is 0.154. The van der Waals surface area contributed by atoms with Gasteiger partial charge >= 0.3 is 0 Å². The third kappa shape index (κ3) is 4.54. The van der Waals surface area contributed by atoms with E-state index >= 15 is 0 Å². The Hall–Kier alpha value is -2.67. The number of nitrogens with one attached hydrogen (secondary N) is 1. The van der Waals surface area contributed by atoms with E-state index < -0.39 is 5.25 Å². The first-order valence-electron chi connectivity index (χ1n) is 8.59. The molecule has 0 fully saturated rings. The molecule has 0 radical (unpaired) electrons. The molecule has 0 saturated carbocycles. The molecule has 0 aliphatic heterocycles. The van der Waals surface area contributed by atoms with Gasteiger partial charge in [0.05, 0.1) is 17.7 Å². The Morgan fingerprint density at radius 3 is 2.63 bits per heavy atom. The van der Waals surface area contributed by atoms with E-state index in [9.17, 15) is 9.18 Å². The van der Waals surface area contributed by atoms with E-state index in [2.05, 4.69) is 28.1 Å². The largest absolute Gasteiger partial charge is 0.348 e. The van der Waals surface area contributed by atoms with Crippen LogP contribution in [0.5, 0.6) is 0 Å². The highest BCUT2D eigenvalue weighted by atomic mass is 32.1. The lowest BCUT2D eigenvalue weighted by molar-refractivity contribution is -0.120. The second-order valence-electron chi connectivity index (χ2n) is 6.27. The average molecular weight is 385 g/mol. The summed E-state index contributed by atoms with van der Waals surface area (Å²) in [6, 6.07) is 14.5. The molecule has 1 aromatic heterocycles. The number of halogens is 1. The summed E-state index contributed by atoms with van der Waals surface area (Å²) in [6.07, 6.45) is 0. The number of carbonyl (C=O) groups is 1. The first-order chi connectivity index (χ1) is 13.0. The second-order valence-corrected chi connectivity index (χ2v) is 7.04. The Morgan fingerprint density at radius 1 is 1.22 bits per heavy atom. The van der Waals surface area contributed by atoms with Crippen LogP contribution < -0.4 is 5.32 Å². The zero-order chi connectivity index (χ0) is 19.4. The molecule has 0 aliphatic carbocycles. The van der Waals surface area contributed by atoms with E-state index in [0.717, 1.165) is 11.1 Å². The number of hydrogen-bond donors (Lipinski definition) is 2. The van der Waals surface area contributed by atoms with Crippen molar-refractivity contribution in [2.45, 2.75) is 31.6 Å². The van der Waals surface area contributed by atoms with Crippen molar-refractivity contribution < 1.29 is 13.7 Å². The van der Waals surface area contributed by atoms with Gasteiger partial charge in [0, 0.05) is 5.56 Å². The van der Waals surface area contributed by atoms with Crippen LogP contribution in [0.3, 0.4) is 0 Å². The predicted octanol–water partition coefficient (Wildman–Crippen LogP) is 3.96.